The average molecular weight is 150 g/mol. The molecule has 2 rings (SSSR count). The Morgan fingerprint density at radius 3 is 3.09 bits per heavy atom. The summed E-state index contributed by atoms with van der Waals surface area (Å²) in [5, 5.41) is 9.73. The maximum absolute atomic E-state index is 9.73. The molecule has 1 fully saturated rings. The van der Waals surface area contributed by atoms with Crippen LogP contribution in [0.15, 0.2) is 24.8 Å². The molecule has 0 aromatic rings. The van der Waals surface area contributed by atoms with E-state index in [2.05, 4.69) is 25.7 Å². The van der Waals surface area contributed by atoms with Gasteiger partial charge in [0.1, 0.15) is 0 Å². The highest BCUT2D eigenvalue weighted by atomic mass is 16.3. The fraction of sp³-hybridized carbons (Fsp3) is 0.600. The molecule has 0 aromatic heterocycles. The summed E-state index contributed by atoms with van der Waals surface area (Å²) >= 11 is 0. The van der Waals surface area contributed by atoms with Crippen LogP contribution in [0, 0.1) is 17.3 Å². The average Bonchev–Trinajstić information content (AvgIpc) is 2.48. The molecular formula is C10H14O. The minimum atomic E-state index is -0.167. The molecule has 0 amide bonds. The number of rotatable bonds is 1. The molecule has 0 radical (unpaired) electrons. The van der Waals surface area contributed by atoms with Gasteiger partial charge in [-0.25, -0.2) is 0 Å². The Balaban J connectivity index is 2.25. The van der Waals surface area contributed by atoms with Crippen molar-refractivity contribution >= 4 is 0 Å². The van der Waals surface area contributed by atoms with E-state index in [0.717, 1.165) is 6.42 Å². The molecule has 0 spiro atoms. The smallest absolute Gasteiger partial charge is 0.0670 e. The minimum absolute atomic E-state index is 0.0440. The molecule has 0 saturated heterocycles. The normalized spacial score (nSPS) is 53.5. The van der Waals surface area contributed by atoms with Gasteiger partial charge in [-0.05, 0) is 18.3 Å². The lowest BCUT2D eigenvalue weighted by Gasteiger charge is -2.53. The first-order valence-electron chi connectivity index (χ1n) is 4.18. The van der Waals surface area contributed by atoms with Gasteiger partial charge in [-0.1, -0.05) is 25.2 Å². The molecular weight excluding hydrogens is 136 g/mol. The maximum Gasteiger partial charge on any atom is 0.0670 e. The Hall–Kier alpha value is -0.560. The van der Waals surface area contributed by atoms with Gasteiger partial charge in [0.25, 0.3) is 0 Å². The van der Waals surface area contributed by atoms with E-state index in [4.69, 9.17) is 0 Å². The van der Waals surface area contributed by atoms with E-state index in [1.165, 1.54) is 0 Å². The van der Waals surface area contributed by atoms with Gasteiger partial charge in [-0.15, -0.1) is 6.58 Å². The molecule has 2 aliphatic rings. The van der Waals surface area contributed by atoms with E-state index in [9.17, 15) is 5.11 Å². The van der Waals surface area contributed by atoms with Gasteiger partial charge in [0.05, 0.1) is 6.10 Å². The summed E-state index contributed by atoms with van der Waals surface area (Å²) in [6.45, 7) is 5.86. The van der Waals surface area contributed by atoms with Gasteiger partial charge in [0.15, 0.2) is 0 Å². The predicted molar refractivity (Wildman–Crippen MR) is 45.0 cm³/mol. The zero-order valence-corrected chi connectivity index (χ0v) is 6.83. The zero-order chi connectivity index (χ0) is 8.06. The third-order valence-corrected chi connectivity index (χ3v) is 3.41. The number of allylic oxidation sites excluding steroid dienone is 2. The fourth-order valence-corrected chi connectivity index (χ4v) is 2.46. The van der Waals surface area contributed by atoms with Crippen LogP contribution in [-0.2, 0) is 0 Å². The van der Waals surface area contributed by atoms with E-state index in [-0.39, 0.29) is 11.5 Å². The Bertz CT molecular complexity index is 219. The van der Waals surface area contributed by atoms with Crippen molar-refractivity contribution in [1.82, 2.24) is 0 Å². The van der Waals surface area contributed by atoms with E-state index >= 15 is 0 Å². The number of hydrogen-bond acceptors (Lipinski definition) is 1. The zero-order valence-electron chi connectivity index (χ0n) is 6.83. The van der Waals surface area contributed by atoms with Crippen molar-refractivity contribution in [2.45, 2.75) is 19.4 Å². The van der Waals surface area contributed by atoms with Gasteiger partial charge >= 0.3 is 0 Å². The second-order valence-corrected chi connectivity index (χ2v) is 3.87. The third-order valence-electron chi connectivity index (χ3n) is 3.41. The molecule has 1 saturated carbocycles. The topological polar surface area (TPSA) is 20.2 Å². The van der Waals surface area contributed by atoms with Crippen LogP contribution in [0.1, 0.15) is 13.3 Å². The summed E-state index contributed by atoms with van der Waals surface area (Å²) in [6.07, 6.45) is 7.18. The molecule has 1 N–H and O–H groups in total. The fourth-order valence-electron chi connectivity index (χ4n) is 2.46. The maximum atomic E-state index is 9.73. The second-order valence-electron chi connectivity index (χ2n) is 3.87. The van der Waals surface area contributed by atoms with Gasteiger partial charge in [0.2, 0.25) is 0 Å². The lowest BCUT2D eigenvalue weighted by atomic mass is 9.54. The quantitative estimate of drug-likeness (QED) is 0.564. The molecule has 0 bridgehead atoms. The van der Waals surface area contributed by atoms with Crippen molar-refractivity contribution in [3.8, 4) is 0 Å². The van der Waals surface area contributed by atoms with Gasteiger partial charge in [-0.3, -0.25) is 0 Å². The monoisotopic (exact) mass is 150 g/mol. The van der Waals surface area contributed by atoms with Crippen molar-refractivity contribution in [3.05, 3.63) is 24.8 Å². The number of aliphatic hydroxyl groups is 1. The summed E-state index contributed by atoms with van der Waals surface area (Å²) in [6, 6.07) is 0. The van der Waals surface area contributed by atoms with Crippen molar-refractivity contribution < 1.29 is 5.11 Å². The molecule has 0 unspecified atom stereocenters. The summed E-state index contributed by atoms with van der Waals surface area (Å²) < 4.78 is 0. The van der Waals surface area contributed by atoms with Crippen molar-refractivity contribution in [2.24, 2.45) is 17.3 Å². The SMILES string of the molecule is C=C[C@@]1(C)[C@@H](O)[C@@H]2CC=C[C@@H]21. The van der Waals surface area contributed by atoms with Crippen molar-refractivity contribution in [3.63, 3.8) is 0 Å². The lowest BCUT2D eigenvalue weighted by molar-refractivity contribution is -0.112. The molecule has 11 heavy (non-hydrogen) atoms. The van der Waals surface area contributed by atoms with E-state index in [1.807, 2.05) is 6.08 Å². The molecule has 0 aliphatic heterocycles. The highest BCUT2D eigenvalue weighted by Crippen LogP contribution is 2.56. The second kappa shape index (κ2) is 1.98. The first-order chi connectivity index (χ1) is 5.20. The van der Waals surface area contributed by atoms with Crippen LogP contribution < -0.4 is 0 Å². The Morgan fingerprint density at radius 2 is 2.45 bits per heavy atom. The summed E-state index contributed by atoms with van der Waals surface area (Å²) in [5.41, 5.74) is -0.0440. The van der Waals surface area contributed by atoms with E-state index in [0.29, 0.717) is 11.8 Å². The number of aliphatic hydroxyl groups excluding tert-OH is 1. The molecule has 60 valence electrons. The van der Waals surface area contributed by atoms with Crippen molar-refractivity contribution in [1.29, 1.82) is 0 Å². The molecule has 1 heteroatoms. The Labute approximate surface area is 67.4 Å². The van der Waals surface area contributed by atoms with Crippen LogP contribution in [0.3, 0.4) is 0 Å². The Kier molecular flexibility index (Phi) is 1.28. The summed E-state index contributed by atoms with van der Waals surface area (Å²) in [5.74, 6) is 1.04. The first kappa shape index (κ1) is 7.11. The highest BCUT2D eigenvalue weighted by molar-refractivity contribution is 5.24. The summed E-state index contributed by atoms with van der Waals surface area (Å²) in [7, 11) is 0. The molecule has 2 aliphatic carbocycles. The molecule has 0 heterocycles. The van der Waals surface area contributed by atoms with Gasteiger partial charge < -0.3 is 5.11 Å². The van der Waals surface area contributed by atoms with Crippen LogP contribution in [0.4, 0.5) is 0 Å². The highest BCUT2D eigenvalue weighted by Gasteiger charge is 2.56. The largest absolute Gasteiger partial charge is 0.392 e. The first-order valence-corrected chi connectivity index (χ1v) is 4.18. The van der Waals surface area contributed by atoms with Crippen LogP contribution in [0.25, 0.3) is 0 Å². The third kappa shape index (κ3) is 0.646. The molecule has 1 nitrogen and oxygen atoms in total. The summed E-state index contributed by atoms with van der Waals surface area (Å²) in [4.78, 5) is 0. The number of fused-ring (bicyclic) bond motifs is 1. The van der Waals surface area contributed by atoms with E-state index in [1.54, 1.807) is 0 Å². The lowest BCUT2D eigenvalue weighted by Crippen LogP contribution is -2.55. The number of hydrogen-bond donors (Lipinski definition) is 1. The van der Waals surface area contributed by atoms with Crippen LogP contribution in [0.5, 0.6) is 0 Å². The van der Waals surface area contributed by atoms with Crippen LogP contribution >= 0.6 is 0 Å². The predicted octanol–water partition coefficient (Wildman–Crippen LogP) is 1.75. The molecule has 4 atom stereocenters. The minimum Gasteiger partial charge on any atom is -0.392 e. The van der Waals surface area contributed by atoms with Crippen molar-refractivity contribution in [2.75, 3.05) is 0 Å². The van der Waals surface area contributed by atoms with Gasteiger partial charge in [-0.2, -0.15) is 0 Å². The standard InChI is InChI=1S/C10H14O/c1-3-10(2)8-6-4-5-7(8)9(10)11/h3-4,6-9,11H,1,5H2,2H3/t7-,8+,9+,10-/m1/s1. The molecule has 0 aromatic carbocycles. The van der Waals surface area contributed by atoms with E-state index < -0.39 is 0 Å². The van der Waals surface area contributed by atoms with Crippen LogP contribution in [-0.4, -0.2) is 11.2 Å². The van der Waals surface area contributed by atoms with Gasteiger partial charge in [0, 0.05) is 5.41 Å². The van der Waals surface area contributed by atoms with Crippen LogP contribution in [0.2, 0.25) is 0 Å². The Morgan fingerprint density at radius 1 is 1.73 bits per heavy atom.